The molecule has 0 radical (unpaired) electrons. The highest BCUT2D eigenvalue weighted by molar-refractivity contribution is 7.16. The zero-order valence-corrected chi connectivity index (χ0v) is 15.1. The van der Waals surface area contributed by atoms with E-state index in [1.807, 2.05) is 0 Å². The first-order valence-electron chi connectivity index (χ1n) is 7.93. The molecule has 1 amide bonds. The first-order valence-corrected chi connectivity index (χ1v) is 8.75. The number of aromatic nitrogens is 3. The summed E-state index contributed by atoms with van der Waals surface area (Å²) in [6.45, 7) is 1.73. The SMILES string of the molecule is Cc1ncc2c(n1)NC(=O)C2=Cc1ccc(-c2cc(C(F)(F)F)cn2C)s1. The van der Waals surface area contributed by atoms with Crippen molar-refractivity contribution in [1.29, 1.82) is 0 Å². The van der Waals surface area contributed by atoms with E-state index < -0.39 is 11.7 Å². The van der Waals surface area contributed by atoms with Gasteiger partial charge < -0.3 is 9.88 Å². The van der Waals surface area contributed by atoms with E-state index in [1.54, 1.807) is 38.4 Å². The predicted molar refractivity (Wildman–Crippen MR) is 97.0 cm³/mol. The molecule has 1 N–H and O–H groups in total. The standard InChI is InChI=1S/C18H13F3N4OS/c1-9-22-7-13-12(17(26)24-16(13)23-9)6-11-3-4-15(27-11)14-5-10(8-25(14)2)18(19,20)21/h3-8H,1-2H3,(H,22,23,24,26). The summed E-state index contributed by atoms with van der Waals surface area (Å²) >= 11 is 1.31. The van der Waals surface area contributed by atoms with Crippen molar-refractivity contribution in [3.05, 3.63) is 52.4 Å². The predicted octanol–water partition coefficient (Wildman–Crippen LogP) is 4.36. The minimum atomic E-state index is -4.39. The lowest BCUT2D eigenvalue weighted by molar-refractivity contribution is -0.137. The van der Waals surface area contributed by atoms with Crippen molar-refractivity contribution in [2.45, 2.75) is 13.1 Å². The van der Waals surface area contributed by atoms with Gasteiger partial charge in [0.25, 0.3) is 5.91 Å². The highest BCUT2D eigenvalue weighted by Crippen LogP contribution is 2.37. The van der Waals surface area contributed by atoms with Gasteiger partial charge in [0.05, 0.1) is 21.7 Å². The molecule has 0 unspecified atom stereocenters. The fourth-order valence-corrected chi connectivity index (χ4v) is 3.89. The first-order chi connectivity index (χ1) is 12.7. The van der Waals surface area contributed by atoms with Crippen molar-refractivity contribution in [2.75, 3.05) is 5.32 Å². The Hall–Kier alpha value is -2.94. The van der Waals surface area contributed by atoms with E-state index in [0.29, 0.717) is 33.3 Å². The lowest BCUT2D eigenvalue weighted by Crippen LogP contribution is -2.04. The molecule has 0 saturated heterocycles. The van der Waals surface area contributed by atoms with Crippen LogP contribution in [0.4, 0.5) is 19.0 Å². The van der Waals surface area contributed by atoms with E-state index in [0.717, 1.165) is 17.1 Å². The second kappa shape index (κ2) is 6.05. The van der Waals surface area contributed by atoms with Crippen molar-refractivity contribution < 1.29 is 18.0 Å². The molecule has 138 valence electrons. The van der Waals surface area contributed by atoms with Gasteiger partial charge in [-0.05, 0) is 31.2 Å². The quantitative estimate of drug-likeness (QED) is 0.662. The fourth-order valence-electron chi connectivity index (χ4n) is 2.88. The third-order valence-corrected chi connectivity index (χ3v) is 5.23. The van der Waals surface area contributed by atoms with E-state index in [2.05, 4.69) is 15.3 Å². The molecule has 3 aromatic heterocycles. The summed E-state index contributed by atoms with van der Waals surface area (Å²) in [6.07, 6.45) is -0.0419. The van der Waals surface area contributed by atoms with Crippen molar-refractivity contribution in [3.8, 4) is 10.6 Å². The molecular formula is C18H13F3N4OS. The third kappa shape index (κ3) is 3.14. The van der Waals surface area contributed by atoms with E-state index in [-0.39, 0.29) is 5.91 Å². The van der Waals surface area contributed by atoms with E-state index in [1.165, 1.54) is 15.9 Å². The molecule has 0 atom stereocenters. The Balaban J connectivity index is 1.70. The van der Waals surface area contributed by atoms with Crippen LogP contribution in [0.5, 0.6) is 0 Å². The molecular weight excluding hydrogens is 377 g/mol. The molecule has 0 bridgehead atoms. The second-order valence-electron chi connectivity index (χ2n) is 6.12. The fraction of sp³-hybridized carbons (Fsp3) is 0.167. The molecule has 0 spiro atoms. The Bertz CT molecular complexity index is 1090. The van der Waals surface area contributed by atoms with Crippen LogP contribution >= 0.6 is 11.3 Å². The van der Waals surface area contributed by atoms with E-state index in [4.69, 9.17) is 0 Å². The number of nitrogens with zero attached hydrogens (tertiary/aromatic N) is 3. The summed E-state index contributed by atoms with van der Waals surface area (Å²) in [7, 11) is 1.57. The number of hydrogen-bond donors (Lipinski definition) is 1. The minimum absolute atomic E-state index is 0.280. The van der Waals surface area contributed by atoms with Crippen LogP contribution in [0.2, 0.25) is 0 Å². The Morgan fingerprint density at radius 3 is 2.78 bits per heavy atom. The second-order valence-corrected chi connectivity index (χ2v) is 7.23. The van der Waals surface area contributed by atoms with Gasteiger partial charge >= 0.3 is 6.18 Å². The summed E-state index contributed by atoms with van der Waals surface area (Å²) < 4.78 is 40.2. The molecule has 0 fully saturated rings. The van der Waals surface area contributed by atoms with Gasteiger partial charge in [-0.25, -0.2) is 9.97 Å². The molecule has 0 saturated carbocycles. The minimum Gasteiger partial charge on any atom is -0.349 e. The number of fused-ring (bicyclic) bond motifs is 1. The Labute approximate surface area is 156 Å². The molecule has 0 aliphatic carbocycles. The largest absolute Gasteiger partial charge is 0.417 e. The zero-order chi connectivity index (χ0) is 19.3. The Morgan fingerprint density at radius 2 is 2.07 bits per heavy atom. The molecule has 4 heterocycles. The summed E-state index contributed by atoms with van der Waals surface area (Å²) in [5, 5.41) is 2.69. The van der Waals surface area contributed by atoms with Gasteiger partial charge in [0.15, 0.2) is 0 Å². The number of rotatable bonds is 2. The van der Waals surface area contributed by atoms with Crippen molar-refractivity contribution in [3.63, 3.8) is 0 Å². The number of halogens is 3. The summed E-state index contributed by atoms with van der Waals surface area (Å²) in [6, 6.07) is 4.64. The van der Waals surface area contributed by atoms with Crippen LogP contribution < -0.4 is 5.32 Å². The number of amides is 1. The van der Waals surface area contributed by atoms with Gasteiger partial charge in [-0.2, -0.15) is 13.2 Å². The summed E-state index contributed by atoms with van der Waals surface area (Å²) in [5.41, 5.74) is 0.817. The van der Waals surface area contributed by atoms with Gasteiger partial charge in [-0.1, -0.05) is 0 Å². The number of carbonyl (C=O) groups is 1. The Kier molecular flexibility index (Phi) is 3.92. The molecule has 9 heteroatoms. The number of carbonyl (C=O) groups excluding carboxylic acids is 1. The molecule has 1 aliphatic heterocycles. The van der Waals surface area contributed by atoms with Crippen LogP contribution in [-0.4, -0.2) is 20.4 Å². The Morgan fingerprint density at radius 1 is 1.30 bits per heavy atom. The van der Waals surface area contributed by atoms with Crippen LogP contribution in [0.3, 0.4) is 0 Å². The molecule has 3 aromatic rings. The average Bonchev–Trinajstić information content (AvgIpc) is 3.25. The highest BCUT2D eigenvalue weighted by atomic mass is 32.1. The van der Waals surface area contributed by atoms with Gasteiger partial charge in [0.1, 0.15) is 11.6 Å². The van der Waals surface area contributed by atoms with Crippen molar-refractivity contribution in [1.82, 2.24) is 14.5 Å². The van der Waals surface area contributed by atoms with Gasteiger partial charge in [0.2, 0.25) is 0 Å². The third-order valence-electron chi connectivity index (χ3n) is 4.17. The molecule has 4 rings (SSSR count). The number of thiophene rings is 1. The maximum absolute atomic E-state index is 12.9. The summed E-state index contributed by atoms with van der Waals surface area (Å²) in [4.78, 5) is 22.0. The van der Waals surface area contributed by atoms with Crippen LogP contribution in [0.25, 0.3) is 22.2 Å². The number of hydrogen-bond acceptors (Lipinski definition) is 4. The maximum atomic E-state index is 12.9. The smallest absolute Gasteiger partial charge is 0.349 e. The molecule has 0 aromatic carbocycles. The van der Waals surface area contributed by atoms with E-state index >= 15 is 0 Å². The molecule has 1 aliphatic rings. The number of nitrogens with one attached hydrogen (secondary N) is 1. The topological polar surface area (TPSA) is 59.8 Å². The lowest BCUT2D eigenvalue weighted by Gasteiger charge is -2.00. The van der Waals surface area contributed by atoms with Gasteiger partial charge in [0, 0.05) is 29.9 Å². The van der Waals surface area contributed by atoms with Crippen molar-refractivity contribution >= 4 is 34.7 Å². The van der Waals surface area contributed by atoms with Crippen LogP contribution in [0, 0.1) is 6.92 Å². The van der Waals surface area contributed by atoms with E-state index in [9.17, 15) is 18.0 Å². The average molecular weight is 390 g/mol. The van der Waals surface area contributed by atoms with Crippen LogP contribution in [0.1, 0.15) is 21.8 Å². The van der Waals surface area contributed by atoms with Gasteiger partial charge in [-0.15, -0.1) is 11.3 Å². The highest BCUT2D eigenvalue weighted by Gasteiger charge is 2.32. The molecule has 5 nitrogen and oxygen atoms in total. The van der Waals surface area contributed by atoms with Crippen LogP contribution in [-0.2, 0) is 18.0 Å². The zero-order valence-electron chi connectivity index (χ0n) is 14.3. The number of alkyl halides is 3. The molecule has 27 heavy (non-hydrogen) atoms. The normalized spacial score (nSPS) is 15.3. The van der Waals surface area contributed by atoms with Gasteiger partial charge in [-0.3, -0.25) is 4.79 Å². The first kappa shape index (κ1) is 17.5. The van der Waals surface area contributed by atoms with Crippen LogP contribution in [0.15, 0.2) is 30.6 Å². The van der Waals surface area contributed by atoms with Crippen molar-refractivity contribution in [2.24, 2.45) is 7.05 Å². The number of aryl methyl sites for hydroxylation is 2. The lowest BCUT2D eigenvalue weighted by atomic mass is 10.1. The maximum Gasteiger partial charge on any atom is 0.417 e. The summed E-state index contributed by atoms with van der Waals surface area (Å²) in [5.74, 6) is 0.740. The monoisotopic (exact) mass is 390 g/mol. The number of anilines is 1.